The third-order valence-corrected chi connectivity index (χ3v) is 1.14. The molecule has 0 aliphatic heterocycles. The summed E-state index contributed by atoms with van der Waals surface area (Å²) in [6, 6.07) is 0. The van der Waals surface area contributed by atoms with E-state index in [4.69, 9.17) is 0 Å². The molecule has 1 N–H and O–H groups in total. The van der Waals surface area contributed by atoms with E-state index >= 15 is 0 Å². The molecule has 0 rings (SSSR count). The van der Waals surface area contributed by atoms with Crippen LogP contribution in [-0.2, 0) is 4.79 Å². The number of rotatable bonds is 4. The van der Waals surface area contributed by atoms with Crippen LogP contribution >= 0.6 is 22.6 Å². The van der Waals surface area contributed by atoms with E-state index in [0.29, 0.717) is 6.54 Å². The van der Waals surface area contributed by atoms with E-state index in [1.54, 1.807) is 12.2 Å². The van der Waals surface area contributed by atoms with Gasteiger partial charge < -0.3 is 5.32 Å². The highest BCUT2D eigenvalue weighted by Gasteiger charge is 1.91. The molecule has 0 saturated heterocycles. The van der Waals surface area contributed by atoms with Gasteiger partial charge in [-0.25, -0.2) is 0 Å². The molecule has 0 aliphatic rings. The summed E-state index contributed by atoms with van der Waals surface area (Å²) in [7, 11) is 0. The highest BCUT2D eigenvalue weighted by atomic mass is 127. The van der Waals surface area contributed by atoms with E-state index in [2.05, 4.69) is 41.1 Å². The standard InChI is InChI=1S/C9H13NO.CH3I/c1-4-6-9(5-2)7-10-8(3)11;1-2/h4-6H,1-2,7H2,3H3,(H,10,11);1H3/b9-6+;. The molecule has 0 aromatic heterocycles. The molecule has 0 unspecified atom stereocenters. The van der Waals surface area contributed by atoms with Gasteiger partial charge in [-0.15, -0.1) is 0 Å². The Morgan fingerprint density at radius 1 is 1.46 bits per heavy atom. The topological polar surface area (TPSA) is 29.1 Å². The first-order chi connectivity index (χ1) is 6.20. The molecule has 2 nitrogen and oxygen atoms in total. The Morgan fingerprint density at radius 2 is 2.00 bits per heavy atom. The summed E-state index contributed by atoms with van der Waals surface area (Å²) >= 11 is 2.15. The van der Waals surface area contributed by atoms with E-state index in [1.807, 2.05) is 11.0 Å². The Bertz CT molecular complexity index is 197. The minimum atomic E-state index is -0.0400. The molecule has 13 heavy (non-hydrogen) atoms. The zero-order valence-electron chi connectivity index (χ0n) is 8.14. The summed E-state index contributed by atoms with van der Waals surface area (Å²) in [6.07, 6.45) is 5.17. The molecular formula is C10H16INO. The van der Waals surface area contributed by atoms with Crippen molar-refractivity contribution in [1.82, 2.24) is 5.32 Å². The van der Waals surface area contributed by atoms with Crippen molar-refractivity contribution in [3.8, 4) is 0 Å². The maximum Gasteiger partial charge on any atom is 0.217 e. The van der Waals surface area contributed by atoms with Gasteiger partial charge in [-0.1, -0.05) is 54.0 Å². The van der Waals surface area contributed by atoms with Gasteiger partial charge in [0.05, 0.1) is 0 Å². The van der Waals surface area contributed by atoms with Gasteiger partial charge in [-0.05, 0) is 10.5 Å². The minimum absolute atomic E-state index is 0.0400. The molecule has 0 aromatic carbocycles. The van der Waals surface area contributed by atoms with Gasteiger partial charge in [-0.2, -0.15) is 0 Å². The van der Waals surface area contributed by atoms with Crippen molar-refractivity contribution in [3.63, 3.8) is 0 Å². The number of alkyl halides is 1. The smallest absolute Gasteiger partial charge is 0.217 e. The molecule has 0 radical (unpaired) electrons. The number of amides is 1. The van der Waals surface area contributed by atoms with Crippen LogP contribution < -0.4 is 5.32 Å². The van der Waals surface area contributed by atoms with Crippen molar-refractivity contribution in [3.05, 3.63) is 37.0 Å². The van der Waals surface area contributed by atoms with Crippen molar-refractivity contribution in [2.24, 2.45) is 0 Å². The Morgan fingerprint density at radius 3 is 2.31 bits per heavy atom. The Hall–Kier alpha value is -0.580. The third kappa shape index (κ3) is 11.4. The fourth-order valence-electron chi connectivity index (χ4n) is 0.577. The highest BCUT2D eigenvalue weighted by molar-refractivity contribution is 14.1. The van der Waals surface area contributed by atoms with Crippen LogP contribution in [0.15, 0.2) is 37.0 Å². The fraction of sp³-hybridized carbons (Fsp3) is 0.300. The molecule has 0 bridgehead atoms. The fourth-order valence-corrected chi connectivity index (χ4v) is 0.577. The molecule has 3 heteroatoms. The largest absolute Gasteiger partial charge is 0.352 e. The van der Waals surface area contributed by atoms with Crippen LogP contribution in [0.5, 0.6) is 0 Å². The monoisotopic (exact) mass is 293 g/mol. The van der Waals surface area contributed by atoms with Gasteiger partial charge in [0, 0.05) is 13.5 Å². The number of hydrogen-bond acceptors (Lipinski definition) is 1. The Balaban J connectivity index is 0. The molecule has 0 spiro atoms. The van der Waals surface area contributed by atoms with Crippen LogP contribution in [0.25, 0.3) is 0 Å². The van der Waals surface area contributed by atoms with E-state index in [0.717, 1.165) is 5.57 Å². The van der Waals surface area contributed by atoms with Gasteiger partial charge >= 0.3 is 0 Å². The average molecular weight is 293 g/mol. The lowest BCUT2D eigenvalue weighted by molar-refractivity contribution is -0.118. The molecule has 0 heterocycles. The molecule has 0 aromatic rings. The summed E-state index contributed by atoms with van der Waals surface area (Å²) in [4.78, 5) is 12.4. The van der Waals surface area contributed by atoms with Crippen LogP contribution in [0.3, 0.4) is 0 Å². The Labute approximate surface area is 93.9 Å². The lowest BCUT2D eigenvalue weighted by Crippen LogP contribution is -2.21. The second-order valence-corrected chi connectivity index (χ2v) is 2.09. The number of allylic oxidation sites excluding steroid dienone is 2. The summed E-state index contributed by atoms with van der Waals surface area (Å²) in [5.74, 6) is -0.0400. The van der Waals surface area contributed by atoms with Crippen LogP contribution in [0, 0.1) is 0 Å². The van der Waals surface area contributed by atoms with E-state index in [1.165, 1.54) is 6.92 Å². The third-order valence-electron chi connectivity index (χ3n) is 1.14. The summed E-state index contributed by atoms with van der Waals surface area (Å²) < 4.78 is 0. The number of halogens is 1. The van der Waals surface area contributed by atoms with Crippen LogP contribution in [0.1, 0.15) is 6.92 Å². The maximum atomic E-state index is 10.5. The molecule has 0 aliphatic carbocycles. The second-order valence-electron chi connectivity index (χ2n) is 2.09. The normalized spacial score (nSPS) is 9.31. The predicted octanol–water partition coefficient (Wildman–Crippen LogP) is 2.47. The van der Waals surface area contributed by atoms with E-state index < -0.39 is 0 Å². The summed E-state index contributed by atoms with van der Waals surface area (Å²) in [5.41, 5.74) is 0.954. The Kier molecular flexibility index (Phi) is 13.1. The van der Waals surface area contributed by atoms with E-state index in [9.17, 15) is 4.79 Å². The van der Waals surface area contributed by atoms with Crippen molar-refractivity contribution >= 4 is 28.5 Å². The minimum Gasteiger partial charge on any atom is -0.352 e. The lowest BCUT2D eigenvalue weighted by atomic mass is 10.2. The molecule has 0 fully saturated rings. The number of hydrogen-bond donors (Lipinski definition) is 1. The van der Waals surface area contributed by atoms with Gasteiger partial charge in [0.2, 0.25) is 5.91 Å². The zero-order valence-corrected chi connectivity index (χ0v) is 10.3. The van der Waals surface area contributed by atoms with Crippen molar-refractivity contribution < 1.29 is 4.79 Å². The number of nitrogens with one attached hydrogen (secondary N) is 1. The number of carbonyl (C=O) groups excluding carboxylic acids is 1. The molecule has 1 amide bonds. The van der Waals surface area contributed by atoms with Crippen molar-refractivity contribution in [2.45, 2.75) is 6.92 Å². The first kappa shape index (κ1) is 14.9. The quantitative estimate of drug-likeness (QED) is 0.481. The van der Waals surface area contributed by atoms with Gasteiger partial charge in [-0.3, -0.25) is 4.79 Å². The zero-order chi connectivity index (χ0) is 10.7. The van der Waals surface area contributed by atoms with Crippen molar-refractivity contribution in [2.75, 3.05) is 11.5 Å². The van der Waals surface area contributed by atoms with Crippen LogP contribution in [-0.4, -0.2) is 17.4 Å². The lowest BCUT2D eigenvalue weighted by Gasteiger charge is -2.00. The molecule has 74 valence electrons. The van der Waals surface area contributed by atoms with Crippen molar-refractivity contribution in [1.29, 1.82) is 0 Å². The first-order valence-electron chi connectivity index (χ1n) is 3.77. The van der Waals surface area contributed by atoms with Gasteiger partial charge in [0.15, 0.2) is 0 Å². The van der Waals surface area contributed by atoms with Crippen LogP contribution in [0.4, 0.5) is 0 Å². The van der Waals surface area contributed by atoms with Gasteiger partial charge in [0.1, 0.15) is 0 Å². The average Bonchev–Trinajstić information content (AvgIpc) is 2.15. The molecular weight excluding hydrogens is 277 g/mol. The summed E-state index contributed by atoms with van der Waals surface area (Å²) in [5, 5.41) is 2.66. The van der Waals surface area contributed by atoms with E-state index in [-0.39, 0.29) is 5.91 Å². The molecule has 0 saturated carbocycles. The first-order valence-corrected chi connectivity index (χ1v) is 5.92. The van der Waals surface area contributed by atoms with Crippen LogP contribution in [0.2, 0.25) is 0 Å². The summed E-state index contributed by atoms with van der Waals surface area (Å²) in [6.45, 7) is 9.13. The maximum absolute atomic E-state index is 10.5. The predicted molar refractivity (Wildman–Crippen MR) is 67.1 cm³/mol. The number of carbonyl (C=O) groups is 1. The van der Waals surface area contributed by atoms with Gasteiger partial charge in [0.25, 0.3) is 0 Å². The second kappa shape index (κ2) is 11.4. The highest BCUT2D eigenvalue weighted by Crippen LogP contribution is 1.92. The SMILES string of the molecule is C=C/C=C(\C=C)CNC(C)=O.CI. The molecule has 0 atom stereocenters.